The standard InChI is InChI=1S/C30H38N2O4/c1-29(2)15-20-16-30(3,18-29)19-32(20)14-8-13-26(27(33)34)31-28(35)36-17-25-23-11-6-4-9-21(23)22-10-5-7-12-24(22)25/h4-7,9-12,20,25-26H,8,13-19H2,1-3H3,(H,31,35)(H,33,34)/t20-,26?,30?/m1/s1. The molecule has 0 spiro atoms. The number of ether oxygens (including phenoxy) is 1. The molecule has 2 N–H and O–H groups in total. The van der Waals surface area contributed by atoms with Crippen LogP contribution in [0.4, 0.5) is 4.79 Å². The zero-order valence-corrected chi connectivity index (χ0v) is 21.6. The highest BCUT2D eigenvalue weighted by Crippen LogP contribution is 2.52. The third-order valence-corrected chi connectivity index (χ3v) is 8.40. The minimum absolute atomic E-state index is 0.0495. The van der Waals surface area contributed by atoms with Gasteiger partial charge in [0.2, 0.25) is 0 Å². The molecule has 6 heteroatoms. The van der Waals surface area contributed by atoms with Crippen molar-refractivity contribution in [3.63, 3.8) is 0 Å². The first kappa shape index (κ1) is 24.8. The van der Waals surface area contributed by atoms with E-state index in [0.717, 1.165) is 41.8 Å². The average Bonchev–Trinajstić information content (AvgIpc) is 3.26. The summed E-state index contributed by atoms with van der Waals surface area (Å²) >= 11 is 0. The van der Waals surface area contributed by atoms with Gasteiger partial charge in [-0.2, -0.15) is 0 Å². The zero-order chi connectivity index (χ0) is 25.5. The number of hydrogen-bond acceptors (Lipinski definition) is 4. The summed E-state index contributed by atoms with van der Waals surface area (Å²) in [6, 6.07) is 16.0. The lowest BCUT2D eigenvalue weighted by Gasteiger charge is -2.40. The topological polar surface area (TPSA) is 78.9 Å². The summed E-state index contributed by atoms with van der Waals surface area (Å²) in [5.74, 6) is -1.07. The summed E-state index contributed by atoms with van der Waals surface area (Å²) in [7, 11) is 0. The number of nitrogens with zero attached hydrogens (tertiary/aromatic N) is 1. The highest BCUT2D eigenvalue weighted by atomic mass is 16.5. The van der Waals surface area contributed by atoms with Crippen LogP contribution in [0, 0.1) is 10.8 Å². The smallest absolute Gasteiger partial charge is 0.407 e. The van der Waals surface area contributed by atoms with E-state index in [2.05, 4.69) is 55.3 Å². The Labute approximate surface area is 214 Å². The molecule has 2 aliphatic carbocycles. The number of carbonyl (C=O) groups is 2. The molecule has 2 bridgehead atoms. The van der Waals surface area contributed by atoms with Crippen molar-refractivity contribution in [2.75, 3.05) is 19.7 Å². The summed E-state index contributed by atoms with van der Waals surface area (Å²) in [6.07, 6.45) is 4.13. The molecule has 2 aromatic rings. The third-order valence-electron chi connectivity index (χ3n) is 8.40. The van der Waals surface area contributed by atoms with Gasteiger partial charge in [0.25, 0.3) is 0 Å². The number of hydrogen-bond donors (Lipinski definition) is 2. The number of carboxylic acid groups (broad SMARTS) is 1. The minimum atomic E-state index is -1.02. The van der Waals surface area contributed by atoms with Crippen molar-refractivity contribution in [2.24, 2.45) is 10.8 Å². The Morgan fingerprint density at radius 3 is 2.33 bits per heavy atom. The van der Waals surface area contributed by atoms with Crippen LogP contribution in [0.5, 0.6) is 0 Å². The first-order chi connectivity index (χ1) is 17.1. The summed E-state index contributed by atoms with van der Waals surface area (Å²) in [6.45, 7) is 9.24. The van der Waals surface area contributed by atoms with Crippen LogP contribution in [0.2, 0.25) is 0 Å². The lowest BCUT2D eigenvalue weighted by molar-refractivity contribution is -0.139. The second-order valence-corrected chi connectivity index (χ2v) is 12.2. The Morgan fingerprint density at radius 2 is 1.69 bits per heavy atom. The number of aliphatic carboxylic acids is 1. The average molecular weight is 491 g/mol. The van der Waals surface area contributed by atoms with E-state index < -0.39 is 18.1 Å². The largest absolute Gasteiger partial charge is 0.480 e. The molecule has 1 heterocycles. The number of nitrogens with one attached hydrogen (secondary N) is 1. The van der Waals surface area contributed by atoms with E-state index in [9.17, 15) is 14.7 Å². The lowest BCUT2D eigenvalue weighted by atomic mass is 9.65. The van der Waals surface area contributed by atoms with Crippen molar-refractivity contribution in [2.45, 2.75) is 70.9 Å². The molecule has 1 amide bonds. The van der Waals surface area contributed by atoms with Crippen LogP contribution < -0.4 is 5.32 Å². The first-order valence-electron chi connectivity index (χ1n) is 13.2. The first-order valence-corrected chi connectivity index (χ1v) is 13.2. The van der Waals surface area contributed by atoms with Crippen molar-refractivity contribution < 1.29 is 19.4 Å². The number of carboxylic acids is 1. The molecule has 0 radical (unpaired) electrons. The van der Waals surface area contributed by atoms with E-state index in [-0.39, 0.29) is 12.5 Å². The van der Waals surface area contributed by atoms with Crippen molar-refractivity contribution in [3.8, 4) is 11.1 Å². The zero-order valence-electron chi connectivity index (χ0n) is 21.6. The van der Waals surface area contributed by atoms with Crippen molar-refractivity contribution in [1.29, 1.82) is 0 Å². The number of carbonyl (C=O) groups excluding carboxylic acids is 1. The normalized spacial score (nSPS) is 25.1. The van der Waals surface area contributed by atoms with E-state index >= 15 is 0 Å². The van der Waals surface area contributed by atoms with Gasteiger partial charge in [0.15, 0.2) is 0 Å². The molecular formula is C30H38N2O4. The Hall–Kier alpha value is -2.86. The highest BCUT2D eigenvalue weighted by molar-refractivity contribution is 5.81. The molecule has 2 unspecified atom stereocenters. The highest BCUT2D eigenvalue weighted by Gasteiger charge is 2.49. The molecule has 3 aliphatic rings. The van der Waals surface area contributed by atoms with E-state index in [4.69, 9.17) is 4.74 Å². The van der Waals surface area contributed by atoms with Crippen molar-refractivity contribution >= 4 is 12.1 Å². The molecule has 3 atom stereocenters. The maximum absolute atomic E-state index is 12.6. The van der Waals surface area contributed by atoms with Gasteiger partial charge < -0.3 is 15.2 Å². The van der Waals surface area contributed by atoms with Crippen LogP contribution >= 0.6 is 0 Å². The third kappa shape index (κ3) is 5.01. The van der Waals surface area contributed by atoms with Gasteiger partial charge in [-0.15, -0.1) is 0 Å². The van der Waals surface area contributed by atoms with Gasteiger partial charge in [0.1, 0.15) is 12.6 Å². The van der Waals surface area contributed by atoms with E-state index in [1.54, 1.807) is 0 Å². The van der Waals surface area contributed by atoms with Crippen LogP contribution in [-0.2, 0) is 9.53 Å². The Bertz CT molecular complexity index is 1100. The summed E-state index contributed by atoms with van der Waals surface area (Å²) in [5.41, 5.74) is 5.31. The van der Waals surface area contributed by atoms with Gasteiger partial charge in [-0.05, 0) is 71.7 Å². The fourth-order valence-corrected chi connectivity index (χ4v) is 7.38. The second-order valence-electron chi connectivity index (χ2n) is 12.2. The van der Waals surface area contributed by atoms with Gasteiger partial charge in [-0.3, -0.25) is 4.90 Å². The number of amides is 1. The van der Waals surface area contributed by atoms with Gasteiger partial charge in [-0.1, -0.05) is 69.3 Å². The number of rotatable bonds is 8. The Balaban J connectivity index is 1.14. The summed E-state index contributed by atoms with van der Waals surface area (Å²) < 4.78 is 5.57. The van der Waals surface area contributed by atoms with Gasteiger partial charge in [0.05, 0.1) is 0 Å². The van der Waals surface area contributed by atoms with Gasteiger partial charge in [-0.25, -0.2) is 9.59 Å². The van der Waals surface area contributed by atoms with Crippen LogP contribution in [0.1, 0.15) is 69.9 Å². The molecule has 1 saturated heterocycles. The van der Waals surface area contributed by atoms with E-state index in [0.29, 0.717) is 23.3 Å². The van der Waals surface area contributed by atoms with Crippen LogP contribution in [-0.4, -0.2) is 53.8 Å². The molecule has 1 saturated carbocycles. The van der Waals surface area contributed by atoms with Crippen LogP contribution in [0.3, 0.4) is 0 Å². The van der Waals surface area contributed by atoms with Crippen molar-refractivity contribution in [3.05, 3.63) is 59.7 Å². The maximum atomic E-state index is 12.6. The minimum Gasteiger partial charge on any atom is -0.480 e. The molecular weight excluding hydrogens is 452 g/mol. The number of benzene rings is 2. The van der Waals surface area contributed by atoms with Crippen LogP contribution in [0.25, 0.3) is 11.1 Å². The fraction of sp³-hybridized carbons (Fsp3) is 0.533. The SMILES string of the molecule is CC1(C)C[C@@H]2CC(C)(CN2CCCC(NC(=O)OCC2c3ccccc3-c3ccccc32)C(=O)O)C1. The molecule has 2 aromatic carbocycles. The summed E-state index contributed by atoms with van der Waals surface area (Å²) in [5, 5.41) is 12.3. The molecule has 6 nitrogen and oxygen atoms in total. The monoisotopic (exact) mass is 490 g/mol. The number of likely N-dealkylation sites (tertiary alicyclic amines) is 1. The predicted molar refractivity (Wildman–Crippen MR) is 140 cm³/mol. The van der Waals surface area contributed by atoms with E-state index in [1.807, 2.05) is 24.3 Å². The van der Waals surface area contributed by atoms with Crippen LogP contribution in [0.15, 0.2) is 48.5 Å². The fourth-order valence-electron chi connectivity index (χ4n) is 7.38. The molecule has 192 valence electrons. The molecule has 0 aromatic heterocycles. The van der Waals surface area contributed by atoms with E-state index in [1.165, 1.54) is 19.3 Å². The second kappa shape index (κ2) is 9.55. The molecule has 1 aliphatic heterocycles. The van der Waals surface area contributed by atoms with Gasteiger partial charge in [0, 0.05) is 18.5 Å². The molecule has 36 heavy (non-hydrogen) atoms. The Kier molecular flexibility index (Phi) is 6.58. The summed E-state index contributed by atoms with van der Waals surface area (Å²) in [4.78, 5) is 27.0. The number of alkyl carbamates (subject to hydrolysis) is 1. The van der Waals surface area contributed by atoms with Crippen molar-refractivity contribution in [1.82, 2.24) is 10.2 Å². The molecule has 5 rings (SSSR count). The van der Waals surface area contributed by atoms with Gasteiger partial charge >= 0.3 is 12.1 Å². The maximum Gasteiger partial charge on any atom is 0.407 e. The lowest BCUT2D eigenvalue weighted by Crippen LogP contribution is -2.42. The number of fused-ring (bicyclic) bond motifs is 5. The Morgan fingerprint density at radius 1 is 1.06 bits per heavy atom. The predicted octanol–water partition coefficient (Wildman–Crippen LogP) is 5.66. The quantitative estimate of drug-likeness (QED) is 0.499. The molecule has 2 fully saturated rings.